The fourth-order valence-electron chi connectivity index (χ4n) is 2.33. The van der Waals surface area contributed by atoms with E-state index in [9.17, 15) is 9.59 Å². The van der Waals surface area contributed by atoms with Gasteiger partial charge in [-0.05, 0) is 18.4 Å². The third-order valence-electron chi connectivity index (χ3n) is 3.55. The molecule has 1 aromatic heterocycles. The minimum absolute atomic E-state index is 0.0818. The molecule has 1 aromatic rings. The summed E-state index contributed by atoms with van der Waals surface area (Å²) in [4.78, 5) is 27.3. The Morgan fingerprint density at radius 3 is 3.00 bits per heavy atom. The molecule has 1 saturated heterocycles. The van der Waals surface area contributed by atoms with Crippen LogP contribution >= 0.6 is 0 Å². The van der Waals surface area contributed by atoms with Gasteiger partial charge in [-0.25, -0.2) is 0 Å². The summed E-state index contributed by atoms with van der Waals surface area (Å²) in [7, 11) is 3.38. The van der Waals surface area contributed by atoms with Gasteiger partial charge in [0.2, 0.25) is 5.91 Å². The van der Waals surface area contributed by atoms with E-state index in [0.29, 0.717) is 26.1 Å². The molecule has 1 aliphatic heterocycles. The predicted octanol–water partition coefficient (Wildman–Crippen LogP) is 0.0480. The van der Waals surface area contributed by atoms with Crippen molar-refractivity contribution >= 4 is 11.8 Å². The molecule has 0 unspecified atom stereocenters. The molecule has 0 bridgehead atoms. The fourth-order valence-corrected chi connectivity index (χ4v) is 2.33. The summed E-state index contributed by atoms with van der Waals surface area (Å²) in [5, 5.41) is 6.63. The number of aryl methyl sites for hydroxylation is 1. The van der Waals surface area contributed by atoms with Crippen LogP contribution in [-0.2, 0) is 20.7 Å². The molecule has 1 atom stereocenters. The molecule has 21 heavy (non-hydrogen) atoms. The summed E-state index contributed by atoms with van der Waals surface area (Å²) >= 11 is 0. The van der Waals surface area contributed by atoms with Crippen LogP contribution in [0, 0.1) is 0 Å². The van der Waals surface area contributed by atoms with Crippen LogP contribution in [0.3, 0.4) is 0 Å². The second-order valence-electron chi connectivity index (χ2n) is 5.39. The van der Waals surface area contributed by atoms with E-state index in [0.717, 1.165) is 18.4 Å². The number of hydrogen-bond acceptors (Lipinski definition) is 4. The number of ether oxygens (including phenoxy) is 1. The van der Waals surface area contributed by atoms with E-state index in [2.05, 4.69) is 10.2 Å². The van der Waals surface area contributed by atoms with Crippen LogP contribution in [0.2, 0.25) is 0 Å². The summed E-state index contributed by atoms with van der Waals surface area (Å²) in [6.45, 7) is 1.32. The molecule has 0 spiro atoms. The second kappa shape index (κ2) is 7.21. The van der Waals surface area contributed by atoms with Gasteiger partial charge in [0.05, 0.1) is 19.3 Å². The quantitative estimate of drug-likeness (QED) is 0.832. The molecule has 1 N–H and O–H groups in total. The Morgan fingerprint density at radius 2 is 2.33 bits per heavy atom. The molecule has 116 valence electrons. The minimum Gasteiger partial charge on any atom is -0.365 e. The van der Waals surface area contributed by atoms with Gasteiger partial charge >= 0.3 is 0 Å². The molecule has 2 heterocycles. The number of hydrogen-bond donors (Lipinski definition) is 1. The molecular weight excluding hydrogens is 272 g/mol. The molecule has 1 aliphatic rings. The van der Waals surface area contributed by atoms with E-state index in [1.165, 1.54) is 4.90 Å². The number of carbonyl (C=O) groups is 2. The Bertz CT molecular complexity index is 473. The van der Waals surface area contributed by atoms with Gasteiger partial charge in [-0.1, -0.05) is 0 Å². The van der Waals surface area contributed by atoms with E-state index < -0.39 is 6.10 Å². The largest absolute Gasteiger partial charge is 0.365 e. The fraction of sp³-hybridized carbons (Fsp3) is 0.643. The Hall–Kier alpha value is -1.89. The highest BCUT2D eigenvalue weighted by molar-refractivity contribution is 5.82. The number of H-pyrrole nitrogens is 1. The number of nitrogens with one attached hydrogen (secondary N) is 1. The van der Waals surface area contributed by atoms with Crippen molar-refractivity contribution in [3.63, 3.8) is 0 Å². The van der Waals surface area contributed by atoms with Crippen LogP contribution in [0.25, 0.3) is 0 Å². The summed E-state index contributed by atoms with van der Waals surface area (Å²) in [6.07, 6.45) is 5.16. The van der Waals surface area contributed by atoms with Crippen molar-refractivity contribution in [3.05, 3.63) is 18.0 Å². The molecule has 1 fully saturated rings. The van der Waals surface area contributed by atoms with Gasteiger partial charge < -0.3 is 14.5 Å². The van der Waals surface area contributed by atoms with Crippen LogP contribution in [0.5, 0.6) is 0 Å². The molecule has 2 rings (SSSR count). The van der Waals surface area contributed by atoms with Crippen molar-refractivity contribution in [2.75, 3.05) is 33.8 Å². The van der Waals surface area contributed by atoms with Gasteiger partial charge in [0.1, 0.15) is 0 Å². The lowest BCUT2D eigenvalue weighted by Gasteiger charge is -2.33. The van der Waals surface area contributed by atoms with E-state index in [-0.39, 0.29) is 11.8 Å². The maximum atomic E-state index is 12.2. The number of nitrogens with zero attached hydrogens (tertiary/aromatic N) is 3. The first-order valence-electron chi connectivity index (χ1n) is 7.16. The molecular formula is C14H22N4O3. The van der Waals surface area contributed by atoms with Crippen molar-refractivity contribution in [3.8, 4) is 0 Å². The van der Waals surface area contributed by atoms with Crippen molar-refractivity contribution in [1.29, 1.82) is 0 Å². The van der Waals surface area contributed by atoms with Crippen molar-refractivity contribution < 1.29 is 14.3 Å². The number of amides is 2. The molecule has 0 radical (unpaired) electrons. The highest BCUT2D eigenvalue weighted by Gasteiger charge is 2.29. The molecule has 0 aromatic carbocycles. The van der Waals surface area contributed by atoms with Crippen molar-refractivity contribution in [1.82, 2.24) is 20.0 Å². The second-order valence-corrected chi connectivity index (χ2v) is 5.39. The van der Waals surface area contributed by atoms with Gasteiger partial charge in [0.15, 0.2) is 6.10 Å². The summed E-state index contributed by atoms with van der Waals surface area (Å²) in [5.74, 6) is -0.00996. The number of likely N-dealkylation sites (N-methyl/N-ethyl adjacent to an activating group) is 1. The van der Waals surface area contributed by atoms with Gasteiger partial charge in [0.25, 0.3) is 5.91 Å². The van der Waals surface area contributed by atoms with Gasteiger partial charge in [-0.15, -0.1) is 0 Å². The lowest BCUT2D eigenvalue weighted by molar-refractivity contribution is -0.152. The summed E-state index contributed by atoms with van der Waals surface area (Å²) in [6, 6.07) is 0. The van der Waals surface area contributed by atoms with Gasteiger partial charge in [-0.3, -0.25) is 14.7 Å². The lowest BCUT2D eigenvalue weighted by Crippen LogP contribution is -2.51. The average molecular weight is 294 g/mol. The zero-order chi connectivity index (χ0) is 15.2. The minimum atomic E-state index is -0.536. The van der Waals surface area contributed by atoms with Gasteiger partial charge in [-0.2, -0.15) is 5.10 Å². The maximum absolute atomic E-state index is 12.2. The Labute approximate surface area is 124 Å². The normalized spacial score (nSPS) is 18.6. The average Bonchev–Trinajstić information content (AvgIpc) is 2.99. The number of carbonyl (C=O) groups excluding carboxylic acids is 2. The van der Waals surface area contributed by atoms with Crippen molar-refractivity contribution in [2.24, 2.45) is 0 Å². The topological polar surface area (TPSA) is 78.5 Å². The van der Waals surface area contributed by atoms with E-state index in [1.807, 2.05) is 6.20 Å². The van der Waals surface area contributed by atoms with Crippen molar-refractivity contribution in [2.45, 2.75) is 25.4 Å². The first kappa shape index (κ1) is 15.5. The molecule has 7 nitrogen and oxygen atoms in total. The SMILES string of the molecule is CN(C)C(=O)[C@@H]1CN(C(=O)CCCc2cn[nH]c2)CCO1. The van der Waals surface area contributed by atoms with Crippen LogP contribution < -0.4 is 0 Å². The zero-order valence-electron chi connectivity index (χ0n) is 12.5. The molecule has 7 heteroatoms. The summed E-state index contributed by atoms with van der Waals surface area (Å²) < 4.78 is 5.45. The number of aromatic amines is 1. The third kappa shape index (κ3) is 4.29. The monoisotopic (exact) mass is 294 g/mol. The lowest BCUT2D eigenvalue weighted by atomic mass is 10.1. The van der Waals surface area contributed by atoms with E-state index >= 15 is 0 Å². The Balaban J connectivity index is 1.77. The van der Waals surface area contributed by atoms with Crippen LogP contribution in [0.1, 0.15) is 18.4 Å². The maximum Gasteiger partial charge on any atom is 0.253 e. The summed E-state index contributed by atoms with van der Waals surface area (Å²) in [5.41, 5.74) is 1.10. The molecule has 2 amide bonds. The van der Waals surface area contributed by atoms with Crippen LogP contribution in [0.4, 0.5) is 0 Å². The highest BCUT2D eigenvalue weighted by atomic mass is 16.5. The first-order chi connectivity index (χ1) is 10.1. The predicted molar refractivity (Wildman–Crippen MR) is 76.5 cm³/mol. The zero-order valence-corrected chi connectivity index (χ0v) is 12.5. The van der Waals surface area contributed by atoms with E-state index in [4.69, 9.17) is 4.74 Å². The van der Waals surface area contributed by atoms with Crippen LogP contribution in [0.15, 0.2) is 12.4 Å². The Morgan fingerprint density at radius 1 is 1.52 bits per heavy atom. The van der Waals surface area contributed by atoms with E-state index in [1.54, 1.807) is 25.2 Å². The highest BCUT2D eigenvalue weighted by Crippen LogP contribution is 2.11. The molecule has 0 aliphatic carbocycles. The number of rotatable bonds is 5. The first-order valence-corrected chi connectivity index (χ1v) is 7.16. The third-order valence-corrected chi connectivity index (χ3v) is 3.55. The number of aromatic nitrogens is 2. The number of morpholine rings is 1. The van der Waals surface area contributed by atoms with Crippen LogP contribution in [-0.4, -0.2) is 71.7 Å². The standard InChI is InChI=1S/C14H22N4O3/c1-17(2)14(20)12-10-18(6-7-21-12)13(19)5-3-4-11-8-15-16-9-11/h8-9,12H,3-7,10H2,1-2H3,(H,15,16)/t12-/m0/s1. The smallest absolute Gasteiger partial charge is 0.253 e. The Kier molecular flexibility index (Phi) is 5.32. The molecule has 0 saturated carbocycles. The van der Waals surface area contributed by atoms with Gasteiger partial charge in [0, 0.05) is 33.3 Å².